The van der Waals surface area contributed by atoms with Gasteiger partial charge >= 0.3 is 0 Å². The van der Waals surface area contributed by atoms with Crippen LogP contribution in [0.2, 0.25) is 5.02 Å². The zero-order valence-electron chi connectivity index (χ0n) is 14.7. The molecule has 3 rings (SSSR count). The van der Waals surface area contributed by atoms with Crippen molar-refractivity contribution in [3.05, 3.63) is 23.2 Å². The lowest BCUT2D eigenvalue weighted by Gasteiger charge is -2.43. The topological polar surface area (TPSA) is 73.6 Å². The van der Waals surface area contributed by atoms with Gasteiger partial charge in [0.05, 0.1) is 17.3 Å². The molecule has 0 aliphatic heterocycles. The summed E-state index contributed by atoms with van der Waals surface area (Å²) in [7, 11) is 1.61. The Labute approximate surface area is 154 Å². The number of hydrogen-bond donors (Lipinski definition) is 2. The van der Waals surface area contributed by atoms with E-state index in [9.17, 15) is 4.79 Å². The molecule has 25 heavy (non-hydrogen) atoms. The quantitative estimate of drug-likeness (QED) is 0.756. The predicted octanol–water partition coefficient (Wildman–Crippen LogP) is 3.46. The maximum atomic E-state index is 12.8. The highest BCUT2D eigenvalue weighted by Crippen LogP contribution is 2.42. The minimum absolute atomic E-state index is 0.0147. The van der Waals surface area contributed by atoms with Crippen molar-refractivity contribution in [2.24, 2.45) is 23.5 Å². The number of methoxy groups -OCH3 is 1. The van der Waals surface area contributed by atoms with Gasteiger partial charge in [-0.05, 0) is 49.7 Å². The van der Waals surface area contributed by atoms with Crippen molar-refractivity contribution < 1.29 is 14.3 Å². The van der Waals surface area contributed by atoms with Gasteiger partial charge in [0.15, 0.2) is 5.75 Å². The van der Waals surface area contributed by atoms with Gasteiger partial charge in [-0.15, -0.1) is 0 Å². The summed E-state index contributed by atoms with van der Waals surface area (Å²) in [5.41, 5.74) is 6.95. The van der Waals surface area contributed by atoms with Crippen molar-refractivity contribution in [1.29, 1.82) is 0 Å². The summed E-state index contributed by atoms with van der Waals surface area (Å²) in [6.45, 7) is 0.841. The lowest BCUT2D eigenvalue weighted by atomic mass is 9.65. The Kier molecular flexibility index (Phi) is 6.20. The zero-order chi connectivity index (χ0) is 17.8. The summed E-state index contributed by atoms with van der Waals surface area (Å²) >= 11 is 6.24. The van der Waals surface area contributed by atoms with Gasteiger partial charge in [0, 0.05) is 19.1 Å². The number of benzene rings is 1. The Balaban J connectivity index is 1.67. The van der Waals surface area contributed by atoms with E-state index < -0.39 is 0 Å². The number of hydrogen-bond acceptors (Lipinski definition) is 4. The molecule has 0 radical (unpaired) electrons. The number of amides is 1. The second-order valence-corrected chi connectivity index (χ2v) is 7.55. The number of anilines is 1. The van der Waals surface area contributed by atoms with E-state index in [2.05, 4.69) is 5.32 Å². The van der Waals surface area contributed by atoms with E-state index in [-0.39, 0.29) is 17.9 Å². The zero-order valence-corrected chi connectivity index (χ0v) is 15.4. The van der Waals surface area contributed by atoms with Crippen molar-refractivity contribution in [2.75, 3.05) is 25.6 Å². The molecule has 1 aromatic carbocycles. The van der Waals surface area contributed by atoms with Crippen molar-refractivity contribution in [2.45, 2.75) is 38.1 Å². The molecule has 5 nitrogen and oxygen atoms in total. The summed E-state index contributed by atoms with van der Waals surface area (Å²) in [6, 6.07) is 5.65. The number of rotatable bonds is 6. The monoisotopic (exact) mass is 366 g/mol. The molecule has 1 amide bonds. The van der Waals surface area contributed by atoms with Gasteiger partial charge < -0.3 is 20.5 Å². The molecule has 2 unspecified atom stereocenters. The largest absolute Gasteiger partial charge is 0.487 e. The maximum Gasteiger partial charge on any atom is 0.227 e. The summed E-state index contributed by atoms with van der Waals surface area (Å²) < 4.78 is 10.7. The van der Waals surface area contributed by atoms with Crippen LogP contribution < -0.4 is 15.8 Å². The summed E-state index contributed by atoms with van der Waals surface area (Å²) in [5.74, 6) is 1.51. The van der Waals surface area contributed by atoms with E-state index >= 15 is 0 Å². The number of fused-ring (bicyclic) bond motifs is 2. The Morgan fingerprint density at radius 2 is 2.00 bits per heavy atom. The highest BCUT2D eigenvalue weighted by atomic mass is 35.5. The van der Waals surface area contributed by atoms with Crippen LogP contribution in [0.4, 0.5) is 5.69 Å². The Bertz CT molecular complexity index is 596. The van der Waals surface area contributed by atoms with Gasteiger partial charge in [-0.2, -0.15) is 0 Å². The molecular weight excluding hydrogens is 340 g/mol. The fourth-order valence-electron chi connectivity index (χ4n) is 4.22. The molecule has 0 saturated heterocycles. The Morgan fingerprint density at radius 1 is 1.28 bits per heavy atom. The number of ether oxygens (including phenoxy) is 2. The van der Waals surface area contributed by atoms with Crippen molar-refractivity contribution in [3.63, 3.8) is 0 Å². The highest BCUT2D eigenvalue weighted by Gasteiger charge is 2.40. The maximum absolute atomic E-state index is 12.8. The number of halogens is 1. The molecule has 2 aliphatic rings. The van der Waals surface area contributed by atoms with E-state index in [1.165, 1.54) is 6.42 Å². The fourth-order valence-corrected chi connectivity index (χ4v) is 4.45. The average molecular weight is 367 g/mol. The first kappa shape index (κ1) is 18.5. The minimum atomic E-state index is 0.0147. The molecule has 3 N–H and O–H groups in total. The van der Waals surface area contributed by atoms with Crippen LogP contribution in [-0.2, 0) is 9.53 Å². The molecule has 0 aromatic heterocycles. The van der Waals surface area contributed by atoms with Gasteiger partial charge in [-0.25, -0.2) is 0 Å². The molecule has 138 valence electrons. The van der Waals surface area contributed by atoms with E-state index in [0.717, 1.165) is 25.7 Å². The van der Waals surface area contributed by atoms with Gasteiger partial charge in [-0.3, -0.25) is 4.79 Å². The predicted molar refractivity (Wildman–Crippen MR) is 99.0 cm³/mol. The smallest absolute Gasteiger partial charge is 0.227 e. The number of nitrogens with two attached hydrogens (primary N) is 1. The van der Waals surface area contributed by atoms with Crippen LogP contribution in [0.25, 0.3) is 0 Å². The normalized spacial score (nSPS) is 28.4. The van der Waals surface area contributed by atoms with Gasteiger partial charge in [0.2, 0.25) is 5.91 Å². The van der Waals surface area contributed by atoms with E-state index in [4.69, 9.17) is 26.8 Å². The SMILES string of the molecule is COCCOc1c(Cl)cccc1NC(=O)C1CC2CCCC(C1)C2N. The number of para-hydroxylation sites is 1. The van der Waals surface area contributed by atoms with E-state index in [1.54, 1.807) is 13.2 Å². The van der Waals surface area contributed by atoms with Crippen LogP contribution in [0.3, 0.4) is 0 Å². The first-order valence-electron chi connectivity index (χ1n) is 9.07. The van der Waals surface area contributed by atoms with Crippen LogP contribution in [0.5, 0.6) is 5.75 Å². The Morgan fingerprint density at radius 3 is 2.68 bits per heavy atom. The number of carbonyl (C=O) groups is 1. The molecule has 2 aliphatic carbocycles. The molecule has 2 saturated carbocycles. The van der Waals surface area contributed by atoms with Crippen molar-refractivity contribution in [3.8, 4) is 5.75 Å². The average Bonchev–Trinajstić information content (AvgIpc) is 2.57. The first-order chi connectivity index (χ1) is 12.1. The van der Waals surface area contributed by atoms with Gasteiger partial charge in [-0.1, -0.05) is 24.1 Å². The second kappa shape index (κ2) is 8.39. The minimum Gasteiger partial charge on any atom is -0.487 e. The lowest BCUT2D eigenvalue weighted by molar-refractivity contribution is -0.122. The van der Waals surface area contributed by atoms with Crippen LogP contribution >= 0.6 is 11.6 Å². The third-order valence-corrected chi connectivity index (χ3v) is 5.84. The van der Waals surface area contributed by atoms with Gasteiger partial charge in [0.25, 0.3) is 0 Å². The third-order valence-electron chi connectivity index (χ3n) is 5.54. The molecule has 0 spiro atoms. The standard InChI is InChI=1S/C19H27ClN2O3/c1-24-8-9-25-18-15(20)6-3-7-16(18)22-19(23)14-10-12-4-2-5-13(11-14)17(12)21/h3,6-7,12-14,17H,2,4-5,8-11,21H2,1H3,(H,22,23). The molecule has 1 aromatic rings. The van der Waals surface area contributed by atoms with Gasteiger partial charge in [0.1, 0.15) is 6.61 Å². The van der Waals surface area contributed by atoms with Crippen LogP contribution in [-0.4, -0.2) is 32.3 Å². The third kappa shape index (κ3) is 4.27. The number of carbonyl (C=O) groups excluding carboxylic acids is 1. The summed E-state index contributed by atoms with van der Waals surface area (Å²) in [5, 5.41) is 3.50. The molecule has 2 bridgehead atoms. The highest BCUT2D eigenvalue weighted by molar-refractivity contribution is 6.32. The first-order valence-corrected chi connectivity index (χ1v) is 9.44. The summed E-state index contributed by atoms with van der Waals surface area (Å²) in [6.07, 6.45) is 5.28. The fraction of sp³-hybridized carbons (Fsp3) is 0.632. The molecule has 2 atom stereocenters. The molecular formula is C19H27ClN2O3. The van der Waals surface area contributed by atoms with Crippen LogP contribution in [0.1, 0.15) is 32.1 Å². The molecule has 0 heterocycles. The van der Waals surface area contributed by atoms with E-state index in [1.807, 2.05) is 12.1 Å². The van der Waals surface area contributed by atoms with E-state index in [0.29, 0.717) is 41.5 Å². The van der Waals surface area contributed by atoms with Crippen LogP contribution in [0.15, 0.2) is 18.2 Å². The van der Waals surface area contributed by atoms with Crippen molar-refractivity contribution in [1.82, 2.24) is 0 Å². The van der Waals surface area contributed by atoms with Crippen molar-refractivity contribution >= 4 is 23.2 Å². The second-order valence-electron chi connectivity index (χ2n) is 7.14. The number of nitrogens with one attached hydrogen (secondary N) is 1. The molecule has 6 heteroatoms. The summed E-state index contributed by atoms with van der Waals surface area (Å²) in [4.78, 5) is 12.8. The molecule has 2 fully saturated rings. The lowest BCUT2D eigenvalue weighted by Crippen LogP contribution is -2.48. The Hall–Kier alpha value is -1.30. The van der Waals surface area contributed by atoms with Crippen LogP contribution in [0, 0.1) is 17.8 Å².